The highest BCUT2D eigenvalue weighted by molar-refractivity contribution is 6.31. The smallest absolute Gasteiger partial charge is 0.295 e. The number of halogens is 1. The third kappa shape index (κ3) is 3.62. The summed E-state index contributed by atoms with van der Waals surface area (Å²) in [6.07, 6.45) is 4.32. The Hall–Kier alpha value is -3.38. The Morgan fingerprint density at radius 2 is 2.07 bits per heavy atom. The Bertz CT molecular complexity index is 1210. The van der Waals surface area contributed by atoms with Crippen LogP contribution in [0.1, 0.15) is 16.8 Å². The molecule has 1 fully saturated rings. The number of anilines is 1. The Balaban J connectivity index is 1.32. The van der Waals surface area contributed by atoms with Crippen LogP contribution in [0.25, 0.3) is 22.2 Å². The van der Waals surface area contributed by atoms with Crippen molar-refractivity contribution in [2.24, 2.45) is 0 Å². The summed E-state index contributed by atoms with van der Waals surface area (Å²) < 4.78 is 5.75. The second kappa shape index (κ2) is 7.80. The molecule has 1 amide bonds. The lowest BCUT2D eigenvalue weighted by atomic mass is 10.0. The van der Waals surface area contributed by atoms with Gasteiger partial charge in [-0.05, 0) is 36.2 Å². The molecule has 1 aliphatic rings. The summed E-state index contributed by atoms with van der Waals surface area (Å²) in [4.78, 5) is 23.7. The Labute approximate surface area is 178 Å². The van der Waals surface area contributed by atoms with Gasteiger partial charge in [-0.15, -0.1) is 0 Å². The lowest BCUT2D eigenvalue weighted by Gasteiger charge is -2.18. The standard InChI is InChI=1S/C23H19ClN4O2/c24-16-7-8-20-21(12-16)30-23(27-20)26-17-9-11-28(14-17)22(29)19-6-2-1-5-18(19)15-4-3-10-25-13-15/h1-8,10,12-13,17H,9,11,14H2,(H,26,27)/t17-/m1/s1. The van der Waals surface area contributed by atoms with Crippen LogP contribution in [0.5, 0.6) is 0 Å². The molecule has 5 rings (SSSR count). The first-order valence-electron chi connectivity index (χ1n) is 9.79. The molecular weight excluding hydrogens is 400 g/mol. The lowest BCUT2D eigenvalue weighted by Crippen LogP contribution is -2.32. The maximum atomic E-state index is 13.2. The van der Waals surface area contributed by atoms with E-state index < -0.39 is 0 Å². The maximum Gasteiger partial charge on any atom is 0.295 e. The Kier molecular flexibility index (Phi) is 4.85. The number of benzene rings is 2. The molecule has 0 spiro atoms. The van der Waals surface area contributed by atoms with Crippen molar-refractivity contribution in [3.63, 3.8) is 0 Å². The molecule has 0 bridgehead atoms. The summed E-state index contributed by atoms with van der Waals surface area (Å²) in [7, 11) is 0. The average Bonchev–Trinajstić information content (AvgIpc) is 3.40. The second-order valence-corrected chi connectivity index (χ2v) is 7.74. The summed E-state index contributed by atoms with van der Waals surface area (Å²) in [6.45, 7) is 1.25. The van der Waals surface area contributed by atoms with E-state index in [4.69, 9.17) is 16.0 Å². The first-order valence-corrected chi connectivity index (χ1v) is 10.2. The van der Waals surface area contributed by atoms with Crippen LogP contribution in [0.3, 0.4) is 0 Å². The molecule has 2 aromatic heterocycles. The van der Waals surface area contributed by atoms with Crippen molar-refractivity contribution in [3.8, 4) is 11.1 Å². The maximum absolute atomic E-state index is 13.2. The van der Waals surface area contributed by atoms with Gasteiger partial charge >= 0.3 is 0 Å². The predicted molar refractivity (Wildman–Crippen MR) is 117 cm³/mol. The van der Waals surface area contributed by atoms with E-state index in [1.165, 1.54) is 0 Å². The van der Waals surface area contributed by atoms with Crippen LogP contribution >= 0.6 is 11.6 Å². The number of oxazole rings is 1. The molecule has 3 heterocycles. The van der Waals surface area contributed by atoms with Crippen molar-refractivity contribution in [2.45, 2.75) is 12.5 Å². The molecule has 1 atom stereocenters. The van der Waals surface area contributed by atoms with Crippen LogP contribution in [0.15, 0.2) is 71.4 Å². The number of fused-ring (bicyclic) bond motifs is 1. The number of hydrogen-bond acceptors (Lipinski definition) is 5. The molecule has 7 heteroatoms. The van der Waals surface area contributed by atoms with Crippen molar-refractivity contribution in [3.05, 3.63) is 77.6 Å². The molecule has 0 unspecified atom stereocenters. The zero-order valence-electron chi connectivity index (χ0n) is 16.1. The van der Waals surface area contributed by atoms with E-state index in [1.807, 2.05) is 47.4 Å². The monoisotopic (exact) mass is 418 g/mol. The van der Waals surface area contributed by atoms with Crippen molar-refractivity contribution in [1.29, 1.82) is 0 Å². The molecule has 4 aromatic rings. The van der Waals surface area contributed by atoms with Gasteiger partial charge in [0.05, 0.1) is 0 Å². The van der Waals surface area contributed by atoms with Crippen molar-refractivity contribution in [1.82, 2.24) is 14.9 Å². The normalized spacial score (nSPS) is 16.2. The fraction of sp³-hybridized carbons (Fsp3) is 0.174. The van der Waals surface area contributed by atoms with Gasteiger partial charge in [-0.1, -0.05) is 35.9 Å². The van der Waals surface area contributed by atoms with Crippen molar-refractivity contribution >= 4 is 34.6 Å². The van der Waals surface area contributed by atoms with Crippen LogP contribution in [0, 0.1) is 0 Å². The molecule has 150 valence electrons. The van der Waals surface area contributed by atoms with Gasteiger partial charge in [0.25, 0.3) is 11.9 Å². The molecule has 2 aromatic carbocycles. The largest absolute Gasteiger partial charge is 0.423 e. The summed E-state index contributed by atoms with van der Waals surface area (Å²) >= 11 is 6.01. The highest BCUT2D eigenvalue weighted by Gasteiger charge is 2.29. The second-order valence-electron chi connectivity index (χ2n) is 7.30. The van der Waals surface area contributed by atoms with Crippen LogP contribution in [0.2, 0.25) is 5.02 Å². The Morgan fingerprint density at radius 3 is 2.93 bits per heavy atom. The molecule has 1 aliphatic heterocycles. The number of rotatable bonds is 4. The number of likely N-dealkylation sites (tertiary alicyclic amines) is 1. The van der Waals surface area contributed by atoms with Crippen molar-refractivity contribution in [2.75, 3.05) is 18.4 Å². The number of nitrogens with zero attached hydrogens (tertiary/aromatic N) is 3. The summed E-state index contributed by atoms with van der Waals surface area (Å²) in [6, 6.07) is 17.4. The summed E-state index contributed by atoms with van der Waals surface area (Å²) in [5.74, 6) is 0.0168. The first kappa shape index (κ1) is 18.6. The van der Waals surface area contributed by atoms with Gasteiger partial charge in [-0.3, -0.25) is 9.78 Å². The highest BCUT2D eigenvalue weighted by Crippen LogP contribution is 2.27. The SMILES string of the molecule is O=C(c1ccccc1-c1cccnc1)N1CC[C@@H](Nc2nc3ccc(Cl)cc3o2)C1. The van der Waals surface area contributed by atoms with Crippen LogP contribution < -0.4 is 5.32 Å². The Morgan fingerprint density at radius 1 is 1.17 bits per heavy atom. The summed E-state index contributed by atoms with van der Waals surface area (Å²) in [5, 5.41) is 3.91. The highest BCUT2D eigenvalue weighted by atomic mass is 35.5. The average molecular weight is 419 g/mol. The number of nitrogens with one attached hydrogen (secondary N) is 1. The third-order valence-electron chi connectivity index (χ3n) is 5.28. The zero-order valence-corrected chi connectivity index (χ0v) is 16.8. The van der Waals surface area contributed by atoms with E-state index in [2.05, 4.69) is 15.3 Å². The number of pyridine rings is 1. The van der Waals surface area contributed by atoms with E-state index in [-0.39, 0.29) is 11.9 Å². The van der Waals surface area contributed by atoms with Gasteiger partial charge in [-0.25, -0.2) is 0 Å². The third-order valence-corrected chi connectivity index (χ3v) is 5.52. The van der Waals surface area contributed by atoms with E-state index >= 15 is 0 Å². The van der Waals surface area contributed by atoms with Gasteiger partial charge in [0, 0.05) is 53.7 Å². The molecule has 30 heavy (non-hydrogen) atoms. The topological polar surface area (TPSA) is 71.3 Å². The molecule has 0 aliphatic carbocycles. The minimum Gasteiger partial charge on any atom is -0.423 e. The van der Waals surface area contributed by atoms with Crippen LogP contribution in [-0.4, -0.2) is 39.9 Å². The quantitative estimate of drug-likeness (QED) is 0.512. The van der Waals surface area contributed by atoms with Gasteiger partial charge in [0.2, 0.25) is 0 Å². The number of carbonyl (C=O) groups is 1. The first-order chi connectivity index (χ1) is 14.7. The number of aromatic nitrogens is 2. The van der Waals surface area contributed by atoms with E-state index in [0.717, 1.165) is 23.1 Å². The van der Waals surface area contributed by atoms with Gasteiger partial charge in [0.15, 0.2) is 5.58 Å². The van der Waals surface area contributed by atoms with E-state index in [9.17, 15) is 4.79 Å². The minimum atomic E-state index is 0.0168. The molecule has 6 nitrogen and oxygen atoms in total. The molecule has 0 saturated carbocycles. The van der Waals surface area contributed by atoms with Gasteiger partial charge < -0.3 is 14.6 Å². The zero-order chi connectivity index (χ0) is 20.5. The number of carbonyl (C=O) groups excluding carboxylic acids is 1. The number of amides is 1. The van der Waals surface area contributed by atoms with E-state index in [0.29, 0.717) is 35.3 Å². The van der Waals surface area contributed by atoms with Crippen LogP contribution in [0.4, 0.5) is 6.01 Å². The molecule has 1 N–H and O–H groups in total. The predicted octanol–water partition coefficient (Wildman–Crippen LogP) is 4.87. The lowest BCUT2D eigenvalue weighted by molar-refractivity contribution is 0.0792. The van der Waals surface area contributed by atoms with Crippen molar-refractivity contribution < 1.29 is 9.21 Å². The molecular formula is C23H19ClN4O2. The molecule has 0 radical (unpaired) electrons. The number of hydrogen-bond donors (Lipinski definition) is 1. The minimum absolute atomic E-state index is 0.0168. The van der Waals surface area contributed by atoms with Crippen LogP contribution in [-0.2, 0) is 0 Å². The van der Waals surface area contributed by atoms with Gasteiger partial charge in [-0.2, -0.15) is 4.98 Å². The molecule has 1 saturated heterocycles. The van der Waals surface area contributed by atoms with Gasteiger partial charge in [0.1, 0.15) is 5.52 Å². The fourth-order valence-corrected chi connectivity index (χ4v) is 3.97. The van der Waals surface area contributed by atoms with E-state index in [1.54, 1.807) is 24.5 Å². The summed E-state index contributed by atoms with van der Waals surface area (Å²) in [5.41, 5.74) is 3.89. The fourth-order valence-electron chi connectivity index (χ4n) is 3.81.